The summed E-state index contributed by atoms with van der Waals surface area (Å²) in [7, 11) is -3.57. The second kappa shape index (κ2) is 9.86. The van der Waals surface area contributed by atoms with Gasteiger partial charge in [0.25, 0.3) is 0 Å². The molecule has 9 heteroatoms. The Hall–Kier alpha value is -3.01. The number of anilines is 1. The van der Waals surface area contributed by atoms with Crippen molar-refractivity contribution in [2.75, 3.05) is 18.9 Å². The third-order valence-corrected chi connectivity index (χ3v) is 7.09. The third-order valence-electron chi connectivity index (χ3n) is 5.63. The first kappa shape index (κ1) is 23.2. The van der Waals surface area contributed by atoms with Crippen LogP contribution in [-0.4, -0.2) is 36.1 Å². The first-order valence-electron chi connectivity index (χ1n) is 11.1. The summed E-state index contributed by atoms with van der Waals surface area (Å²) >= 11 is 0. The number of hydrogen-bond donors (Lipinski definition) is 2. The molecule has 0 spiro atoms. The monoisotopic (exact) mass is 467 g/mol. The molecule has 0 fully saturated rings. The van der Waals surface area contributed by atoms with Gasteiger partial charge in [-0.2, -0.15) is 0 Å². The zero-order valence-electron chi connectivity index (χ0n) is 18.9. The Morgan fingerprint density at radius 1 is 1.12 bits per heavy atom. The quantitative estimate of drug-likeness (QED) is 0.343. The molecule has 0 aliphatic heterocycles. The molecule has 0 amide bonds. The number of nitrogens with zero attached hydrogens (tertiary/aromatic N) is 3. The van der Waals surface area contributed by atoms with Crippen LogP contribution in [-0.2, 0) is 27.9 Å². The molecule has 0 radical (unpaired) electrons. The van der Waals surface area contributed by atoms with Gasteiger partial charge < -0.3 is 15.0 Å². The molecule has 0 unspecified atom stereocenters. The van der Waals surface area contributed by atoms with Crippen molar-refractivity contribution < 1.29 is 13.2 Å². The summed E-state index contributed by atoms with van der Waals surface area (Å²) < 4.78 is 35.9. The molecule has 3 N–H and O–H groups in total. The molecule has 0 atom stereocenters. The van der Waals surface area contributed by atoms with Crippen molar-refractivity contribution in [3.63, 3.8) is 0 Å². The maximum atomic E-state index is 12.7. The lowest BCUT2D eigenvalue weighted by Gasteiger charge is -2.11. The van der Waals surface area contributed by atoms with Gasteiger partial charge in [0.2, 0.25) is 10.0 Å². The van der Waals surface area contributed by atoms with E-state index in [4.69, 9.17) is 10.5 Å². The van der Waals surface area contributed by atoms with Gasteiger partial charge in [-0.15, -0.1) is 0 Å². The van der Waals surface area contributed by atoms with Gasteiger partial charge in [0.05, 0.1) is 10.4 Å². The van der Waals surface area contributed by atoms with E-state index in [0.29, 0.717) is 44.1 Å². The molecule has 2 aromatic carbocycles. The highest BCUT2D eigenvalue weighted by Crippen LogP contribution is 2.25. The Kier molecular flexibility index (Phi) is 6.92. The van der Waals surface area contributed by atoms with Crippen molar-refractivity contribution in [2.24, 2.45) is 0 Å². The number of aromatic nitrogens is 3. The number of aryl methyl sites for hydroxylation is 2. The van der Waals surface area contributed by atoms with E-state index in [1.807, 2.05) is 44.2 Å². The van der Waals surface area contributed by atoms with Crippen LogP contribution in [0.5, 0.6) is 0 Å². The zero-order valence-corrected chi connectivity index (χ0v) is 19.7. The normalized spacial score (nSPS) is 12.1. The van der Waals surface area contributed by atoms with Crippen molar-refractivity contribution in [3.8, 4) is 0 Å². The first-order valence-corrected chi connectivity index (χ1v) is 12.6. The number of pyridine rings is 1. The number of imidazole rings is 1. The molecular formula is C24H29N5O3S. The van der Waals surface area contributed by atoms with Crippen molar-refractivity contribution in [1.82, 2.24) is 19.3 Å². The summed E-state index contributed by atoms with van der Waals surface area (Å²) in [4.78, 5) is 9.14. The molecule has 2 aromatic heterocycles. The predicted molar refractivity (Wildman–Crippen MR) is 130 cm³/mol. The van der Waals surface area contributed by atoms with E-state index in [-0.39, 0.29) is 4.90 Å². The predicted octanol–water partition coefficient (Wildman–Crippen LogP) is 3.77. The van der Waals surface area contributed by atoms with Gasteiger partial charge in [0.15, 0.2) is 5.82 Å². The molecule has 0 aliphatic carbocycles. The number of nitrogens with one attached hydrogen (secondary N) is 1. The molecule has 8 nitrogen and oxygen atoms in total. The number of hydrogen-bond acceptors (Lipinski definition) is 6. The minimum atomic E-state index is -3.57. The highest BCUT2D eigenvalue weighted by molar-refractivity contribution is 7.89. The van der Waals surface area contributed by atoms with Crippen molar-refractivity contribution in [3.05, 3.63) is 60.0 Å². The third kappa shape index (κ3) is 5.00. The van der Waals surface area contributed by atoms with Gasteiger partial charge in [-0.05, 0) is 55.2 Å². The number of fused-ring (bicyclic) bond motifs is 2. The SMILES string of the molecule is CCOCc1nc2c(N)ncc(C)c2n1CCCCNS(=O)(=O)c1ccc2ccccc2c1. The maximum Gasteiger partial charge on any atom is 0.240 e. The summed E-state index contributed by atoms with van der Waals surface area (Å²) in [5.41, 5.74) is 8.67. The second-order valence-corrected chi connectivity index (χ2v) is 9.72. The van der Waals surface area contributed by atoms with E-state index < -0.39 is 10.0 Å². The first-order chi connectivity index (χ1) is 15.9. The lowest BCUT2D eigenvalue weighted by atomic mass is 10.1. The van der Waals surface area contributed by atoms with Crippen LogP contribution >= 0.6 is 0 Å². The lowest BCUT2D eigenvalue weighted by molar-refractivity contribution is 0.126. The fraction of sp³-hybridized carbons (Fsp3) is 0.333. The topological polar surface area (TPSA) is 112 Å². The van der Waals surface area contributed by atoms with Crippen LogP contribution in [0.1, 0.15) is 31.2 Å². The molecule has 2 heterocycles. The van der Waals surface area contributed by atoms with E-state index in [1.54, 1.807) is 18.3 Å². The fourth-order valence-electron chi connectivity index (χ4n) is 3.93. The van der Waals surface area contributed by atoms with E-state index >= 15 is 0 Å². The van der Waals surface area contributed by atoms with E-state index in [2.05, 4.69) is 19.3 Å². The molecule has 0 aliphatic rings. The second-order valence-electron chi connectivity index (χ2n) is 7.95. The molecule has 4 rings (SSSR count). The van der Waals surface area contributed by atoms with E-state index in [1.165, 1.54) is 0 Å². The fourth-order valence-corrected chi connectivity index (χ4v) is 5.04. The summed E-state index contributed by atoms with van der Waals surface area (Å²) in [6, 6.07) is 12.9. The number of benzene rings is 2. The van der Waals surface area contributed by atoms with Crippen LogP contribution < -0.4 is 10.5 Å². The number of nitrogen functional groups attached to an aromatic ring is 1. The van der Waals surface area contributed by atoms with Gasteiger partial charge in [0.1, 0.15) is 17.9 Å². The van der Waals surface area contributed by atoms with Crippen molar-refractivity contribution >= 4 is 37.6 Å². The Labute approximate surface area is 193 Å². The van der Waals surface area contributed by atoms with Crippen LogP contribution in [0.15, 0.2) is 53.6 Å². The Balaban J connectivity index is 1.41. The number of nitrogens with two attached hydrogens (primary N) is 1. The van der Waals surface area contributed by atoms with Crippen LogP contribution in [0.25, 0.3) is 21.8 Å². The minimum absolute atomic E-state index is 0.277. The highest BCUT2D eigenvalue weighted by atomic mass is 32.2. The molecule has 4 aromatic rings. The molecule has 0 saturated carbocycles. The Morgan fingerprint density at radius 3 is 2.70 bits per heavy atom. The highest BCUT2D eigenvalue weighted by Gasteiger charge is 2.17. The van der Waals surface area contributed by atoms with Gasteiger partial charge in [0, 0.05) is 25.9 Å². The van der Waals surface area contributed by atoms with Crippen molar-refractivity contribution in [2.45, 2.75) is 44.7 Å². The smallest absolute Gasteiger partial charge is 0.240 e. The molecule has 0 saturated heterocycles. The molecule has 174 valence electrons. The van der Waals surface area contributed by atoms with Crippen LogP contribution in [0.3, 0.4) is 0 Å². The number of rotatable bonds is 10. The Bertz CT molecular complexity index is 1380. The summed E-state index contributed by atoms with van der Waals surface area (Å²) in [6.45, 7) is 5.93. The summed E-state index contributed by atoms with van der Waals surface area (Å²) in [5, 5.41) is 1.91. The Morgan fingerprint density at radius 2 is 1.91 bits per heavy atom. The summed E-state index contributed by atoms with van der Waals surface area (Å²) in [5.74, 6) is 1.20. The van der Waals surface area contributed by atoms with Gasteiger partial charge in [-0.3, -0.25) is 0 Å². The average Bonchev–Trinajstić information content (AvgIpc) is 3.19. The van der Waals surface area contributed by atoms with Crippen LogP contribution in [0, 0.1) is 6.92 Å². The summed E-state index contributed by atoms with van der Waals surface area (Å²) in [6.07, 6.45) is 3.20. The average molecular weight is 468 g/mol. The van der Waals surface area contributed by atoms with Crippen LogP contribution in [0.4, 0.5) is 5.82 Å². The van der Waals surface area contributed by atoms with Crippen molar-refractivity contribution in [1.29, 1.82) is 0 Å². The standard InChI is InChI=1S/C24H29N5O3S/c1-3-32-16-21-28-22-23(17(2)15-26-24(22)25)29(21)13-7-6-12-27-33(30,31)20-11-10-18-8-4-5-9-19(18)14-20/h4-5,8-11,14-15,27H,3,6-7,12-13,16H2,1-2H3,(H2,25,26). The number of ether oxygens (including phenoxy) is 1. The molecule has 0 bridgehead atoms. The van der Waals surface area contributed by atoms with E-state index in [0.717, 1.165) is 34.1 Å². The van der Waals surface area contributed by atoms with Gasteiger partial charge in [-0.1, -0.05) is 30.3 Å². The maximum absolute atomic E-state index is 12.7. The van der Waals surface area contributed by atoms with Gasteiger partial charge >= 0.3 is 0 Å². The lowest BCUT2D eigenvalue weighted by Crippen LogP contribution is -2.25. The largest absolute Gasteiger partial charge is 0.382 e. The number of unbranched alkanes of at least 4 members (excludes halogenated alkanes) is 1. The van der Waals surface area contributed by atoms with Crippen LogP contribution in [0.2, 0.25) is 0 Å². The molecular weight excluding hydrogens is 438 g/mol. The zero-order chi connectivity index (χ0) is 23.4. The van der Waals surface area contributed by atoms with Gasteiger partial charge in [-0.25, -0.2) is 23.1 Å². The number of sulfonamides is 1. The van der Waals surface area contributed by atoms with E-state index in [9.17, 15) is 8.42 Å². The minimum Gasteiger partial charge on any atom is -0.382 e. The molecule has 33 heavy (non-hydrogen) atoms.